The summed E-state index contributed by atoms with van der Waals surface area (Å²) in [6, 6.07) is 0.348. The topological polar surface area (TPSA) is 102 Å². The van der Waals surface area contributed by atoms with E-state index in [0.29, 0.717) is 0 Å². The molecule has 1 unspecified atom stereocenters. The maximum atomic E-state index is 12.9. The van der Waals surface area contributed by atoms with Gasteiger partial charge in [-0.25, -0.2) is 17.8 Å². The second-order valence-corrected chi connectivity index (χ2v) is 6.24. The van der Waals surface area contributed by atoms with Gasteiger partial charge in [-0.05, 0) is 13.0 Å². The van der Waals surface area contributed by atoms with Crippen molar-refractivity contribution in [2.75, 3.05) is 17.7 Å². The standard InChI is InChI=1S/C10H14FN3O3S/c1-6(5-18(2,16)17)14-10(15)8-3-7(11)4-13-9(8)12/h3-4,6H,5H2,1-2H3,(H2,12,13)(H,14,15). The van der Waals surface area contributed by atoms with Crippen molar-refractivity contribution in [1.29, 1.82) is 0 Å². The molecule has 0 radical (unpaired) electrons. The van der Waals surface area contributed by atoms with E-state index in [1.54, 1.807) is 0 Å². The summed E-state index contributed by atoms with van der Waals surface area (Å²) in [5.74, 6) is -1.66. The number of halogens is 1. The van der Waals surface area contributed by atoms with E-state index in [9.17, 15) is 17.6 Å². The van der Waals surface area contributed by atoms with Gasteiger partial charge in [-0.1, -0.05) is 0 Å². The van der Waals surface area contributed by atoms with Gasteiger partial charge >= 0.3 is 0 Å². The molecular weight excluding hydrogens is 261 g/mol. The van der Waals surface area contributed by atoms with Gasteiger partial charge in [-0.2, -0.15) is 0 Å². The van der Waals surface area contributed by atoms with Gasteiger partial charge in [0.2, 0.25) is 0 Å². The molecule has 0 aromatic carbocycles. The molecule has 6 nitrogen and oxygen atoms in total. The van der Waals surface area contributed by atoms with E-state index in [1.807, 2.05) is 0 Å². The van der Waals surface area contributed by atoms with E-state index in [1.165, 1.54) is 6.92 Å². The molecule has 3 N–H and O–H groups in total. The fourth-order valence-corrected chi connectivity index (χ4v) is 2.42. The van der Waals surface area contributed by atoms with Crippen LogP contribution in [0.15, 0.2) is 12.3 Å². The number of rotatable bonds is 4. The van der Waals surface area contributed by atoms with Crippen LogP contribution in [-0.4, -0.2) is 37.4 Å². The Balaban J connectivity index is 2.80. The SMILES string of the molecule is CC(CS(C)(=O)=O)NC(=O)c1cc(F)cnc1N. The Hall–Kier alpha value is -1.70. The van der Waals surface area contributed by atoms with Crippen LogP contribution in [0.2, 0.25) is 0 Å². The van der Waals surface area contributed by atoms with Gasteiger partial charge < -0.3 is 11.1 Å². The van der Waals surface area contributed by atoms with Gasteiger partial charge in [0.25, 0.3) is 5.91 Å². The highest BCUT2D eigenvalue weighted by atomic mass is 32.2. The Morgan fingerprint density at radius 3 is 2.78 bits per heavy atom. The van der Waals surface area contributed by atoms with Crippen molar-refractivity contribution >= 4 is 21.6 Å². The lowest BCUT2D eigenvalue weighted by Gasteiger charge is -2.13. The highest BCUT2D eigenvalue weighted by Crippen LogP contribution is 2.10. The Morgan fingerprint density at radius 2 is 2.22 bits per heavy atom. The molecule has 1 heterocycles. The van der Waals surface area contributed by atoms with E-state index >= 15 is 0 Å². The molecule has 18 heavy (non-hydrogen) atoms. The molecule has 0 aliphatic heterocycles. The molecule has 1 rings (SSSR count). The van der Waals surface area contributed by atoms with E-state index in [4.69, 9.17) is 5.73 Å². The first-order chi connectivity index (χ1) is 8.19. The number of amides is 1. The van der Waals surface area contributed by atoms with E-state index in [-0.39, 0.29) is 17.1 Å². The molecule has 1 aromatic rings. The van der Waals surface area contributed by atoms with Crippen LogP contribution in [0.3, 0.4) is 0 Å². The number of aromatic nitrogens is 1. The van der Waals surface area contributed by atoms with Gasteiger partial charge in [0.15, 0.2) is 0 Å². The third-order valence-electron chi connectivity index (χ3n) is 2.06. The number of nitrogens with two attached hydrogens (primary N) is 1. The zero-order chi connectivity index (χ0) is 13.9. The second-order valence-electron chi connectivity index (χ2n) is 4.05. The lowest BCUT2D eigenvalue weighted by atomic mass is 10.2. The van der Waals surface area contributed by atoms with Crippen molar-refractivity contribution in [2.24, 2.45) is 0 Å². The fourth-order valence-electron chi connectivity index (χ4n) is 1.43. The predicted octanol–water partition coefficient (Wildman–Crippen LogP) is -0.0342. The first-order valence-electron chi connectivity index (χ1n) is 5.08. The van der Waals surface area contributed by atoms with Gasteiger partial charge in [0.1, 0.15) is 21.5 Å². The van der Waals surface area contributed by atoms with Crippen LogP contribution in [0.4, 0.5) is 10.2 Å². The number of hydrogen-bond acceptors (Lipinski definition) is 5. The molecule has 0 aliphatic rings. The highest BCUT2D eigenvalue weighted by Gasteiger charge is 2.17. The zero-order valence-corrected chi connectivity index (χ0v) is 10.8. The molecule has 1 amide bonds. The molecule has 0 fully saturated rings. The lowest BCUT2D eigenvalue weighted by Crippen LogP contribution is -2.37. The number of nitrogen functional groups attached to an aromatic ring is 1. The van der Waals surface area contributed by atoms with Crippen LogP contribution >= 0.6 is 0 Å². The highest BCUT2D eigenvalue weighted by molar-refractivity contribution is 7.90. The Kier molecular flexibility index (Phi) is 4.23. The van der Waals surface area contributed by atoms with Crippen molar-refractivity contribution in [3.8, 4) is 0 Å². The first kappa shape index (κ1) is 14.4. The smallest absolute Gasteiger partial charge is 0.255 e. The maximum Gasteiger partial charge on any atom is 0.255 e. The molecule has 1 atom stereocenters. The number of carbonyl (C=O) groups is 1. The number of nitrogens with zero attached hydrogens (tertiary/aromatic N) is 1. The van der Waals surface area contributed by atoms with Crippen LogP contribution in [0.25, 0.3) is 0 Å². The van der Waals surface area contributed by atoms with Crippen LogP contribution < -0.4 is 11.1 Å². The molecule has 0 spiro atoms. The summed E-state index contributed by atoms with van der Waals surface area (Å²) in [4.78, 5) is 15.2. The zero-order valence-electron chi connectivity index (χ0n) is 9.97. The van der Waals surface area contributed by atoms with Crippen LogP contribution in [0.5, 0.6) is 0 Å². The lowest BCUT2D eigenvalue weighted by molar-refractivity contribution is 0.0944. The molecular formula is C10H14FN3O3S. The Labute approximate surface area is 104 Å². The summed E-state index contributed by atoms with van der Waals surface area (Å²) in [6.07, 6.45) is 1.96. The fraction of sp³-hybridized carbons (Fsp3) is 0.400. The van der Waals surface area contributed by atoms with Crippen molar-refractivity contribution in [2.45, 2.75) is 13.0 Å². The summed E-state index contributed by atoms with van der Waals surface area (Å²) in [5.41, 5.74) is 5.32. The summed E-state index contributed by atoms with van der Waals surface area (Å²) >= 11 is 0. The van der Waals surface area contributed by atoms with Crippen molar-refractivity contribution < 1.29 is 17.6 Å². The average Bonchev–Trinajstić information content (AvgIpc) is 2.18. The minimum Gasteiger partial charge on any atom is -0.383 e. The van der Waals surface area contributed by atoms with Crippen LogP contribution in [0.1, 0.15) is 17.3 Å². The Morgan fingerprint density at radius 1 is 1.61 bits per heavy atom. The number of carbonyl (C=O) groups excluding carboxylic acids is 1. The number of pyridine rings is 1. The molecule has 0 aliphatic carbocycles. The molecule has 100 valence electrons. The van der Waals surface area contributed by atoms with E-state index in [2.05, 4.69) is 10.3 Å². The van der Waals surface area contributed by atoms with Crippen molar-refractivity contribution in [1.82, 2.24) is 10.3 Å². The Bertz CT molecular complexity index is 559. The average molecular weight is 275 g/mol. The van der Waals surface area contributed by atoms with E-state index < -0.39 is 27.6 Å². The van der Waals surface area contributed by atoms with Gasteiger partial charge in [-0.3, -0.25) is 4.79 Å². The monoisotopic (exact) mass is 275 g/mol. The second kappa shape index (κ2) is 5.30. The van der Waals surface area contributed by atoms with Crippen molar-refractivity contribution in [3.63, 3.8) is 0 Å². The van der Waals surface area contributed by atoms with Gasteiger partial charge in [0.05, 0.1) is 17.5 Å². The minimum atomic E-state index is -3.21. The van der Waals surface area contributed by atoms with Crippen LogP contribution in [0, 0.1) is 5.82 Å². The third kappa shape index (κ3) is 4.28. The first-order valence-corrected chi connectivity index (χ1v) is 7.14. The third-order valence-corrected chi connectivity index (χ3v) is 3.17. The summed E-state index contributed by atoms with van der Waals surface area (Å²) in [5, 5.41) is 2.42. The van der Waals surface area contributed by atoms with Gasteiger partial charge in [-0.15, -0.1) is 0 Å². The van der Waals surface area contributed by atoms with E-state index in [0.717, 1.165) is 18.5 Å². The largest absolute Gasteiger partial charge is 0.383 e. The quantitative estimate of drug-likeness (QED) is 0.803. The van der Waals surface area contributed by atoms with Crippen molar-refractivity contribution in [3.05, 3.63) is 23.6 Å². The maximum absolute atomic E-state index is 12.9. The summed E-state index contributed by atoms with van der Waals surface area (Å²) in [7, 11) is -3.21. The molecule has 0 saturated carbocycles. The molecule has 1 aromatic heterocycles. The number of nitrogens with one attached hydrogen (secondary N) is 1. The summed E-state index contributed by atoms with van der Waals surface area (Å²) in [6.45, 7) is 1.53. The number of anilines is 1. The predicted molar refractivity (Wildman–Crippen MR) is 65.2 cm³/mol. The summed E-state index contributed by atoms with van der Waals surface area (Å²) < 4.78 is 35.0. The van der Waals surface area contributed by atoms with Crippen LogP contribution in [-0.2, 0) is 9.84 Å². The normalized spacial score (nSPS) is 13.1. The number of sulfone groups is 1. The molecule has 8 heteroatoms. The molecule has 0 saturated heterocycles. The van der Waals surface area contributed by atoms with Gasteiger partial charge in [0, 0.05) is 12.3 Å². The number of hydrogen-bond donors (Lipinski definition) is 2. The minimum absolute atomic E-state index is 0.111. The molecule has 0 bridgehead atoms.